The van der Waals surface area contributed by atoms with E-state index in [-0.39, 0.29) is 6.54 Å². The Labute approximate surface area is 177 Å². The van der Waals surface area contributed by atoms with Crippen LogP contribution in [0.5, 0.6) is 0 Å². The van der Waals surface area contributed by atoms with E-state index in [2.05, 4.69) is 26.2 Å². The van der Waals surface area contributed by atoms with Gasteiger partial charge in [0.25, 0.3) is 0 Å². The molecule has 9 nitrogen and oxygen atoms in total. The van der Waals surface area contributed by atoms with Gasteiger partial charge in [0.2, 0.25) is 0 Å². The molecule has 2 aliphatic rings. The van der Waals surface area contributed by atoms with Crippen molar-refractivity contribution in [3.8, 4) is 0 Å². The molecule has 0 fully saturated rings. The number of hydrogen-bond donors (Lipinski definition) is 2. The first-order valence-corrected chi connectivity index (χ1v) is 11.6. The molecule has 0 amide bonds. The topological polar surface area (TPSA) is 115 Å². The average Bonchev–Trinajstić information content (AvgIpc) is 3.42. The summed E-state index contributed by atoms with van der Waals surface area (Å²) in [5.74, 6) is 0. The number of amidine groups is 1. The summed E-state index contributed by atoms with van der Waals surface area (Å²) in [4.78, 5) is 0. The molecule has 2 N–H and O–H groups in total. The van der Waals surface area contributed by atoms with Crippen LogP contribution in [0.25, 0.3) is 0 Å². The molecule has 10 heteroatoms. The van der Waals surface area contributed by atoms with Gasteiger partial charge >= 0.3 is 10.2 Å². The Kier molecular flexibility index (Phi) is 5.70. The third kappa shape index (κ3) is 4.01. The van der Waals surface area contributed by atoms with Crippen molar-refractivity contribution in [1.29, 1.82) is 0 Å². The highest BCUT2D eigenvalue weighted by molar-refractivity contribution is 7.91. The van der Waals surface area contributed by atoms with Gasteiger partial charge in [-0.05, 0) is 67.8 Å². The number of benzene rings is 1. The molecule has 0 saturated carbocycles. The van der Waals surface area contributed by atoms with Crippen LogP contribution in [0.2, 0.25) is 0 Å². The number of aromatic nitrogens is 2. The molecule has 0 aliphatic heterocycles. The fourth-order valence-electron chi connectivity index (χ4n) is 4.38. The summed E-state index contributed by atoms with van der Waals surface area (Å²) in [5, 5.41) is 22.5. The molecule has 2 aliphatic carbocycles. The van der Waals surface area contributed by atoms with Gasteiger partial charge in [-0.25, -0.2) is 4.31 Å². The molecule has 1 aromatic heterocycles. The highest BCUT2D eigenvalue weighted by atomic mass is 32.2. The number of likely N-dealkylation sites (N-methyl/N-ethyl adjacent to an activating group) is 1. The van der Waals surface area contributed by atoms with E-state index in [0.29, 0.717) is 12.2 Å². The van der Waals surface area contributed by atoms with Crippen LogP contribution in [0, 0.1) is 0 Å². The third-order valence-electron chi connectivity index (χ3n) is 5.73. The molecule has 0 radical (unpaired) electrons. The molecule has 1 heterocycles. The zero-order valence-corrected chi connectivity index (χ0v) is 18.1. The Balaban J connectivity index is 1.64. The van der Waals surface area contributed by atoms with Gasteiger partial charge in [-0.3, -0.25) is 4.68 Å². The zero-order valence-electron chi connectivity index (χ0n) is 17.3. The Hall–Kier alpha value is -2.59. The van der Waals surface area contributed by atoms with Crippen molar-refractivity contribution < 1.29 is 13.5 Å². The maximum Gasteiger partial charge on any atom is 0.345 e. The standard InChI is InChI=1S/C20H28N6O3S/c1-21-9-10-26(16-12-22-25(2)13-16)30(28,29)24-20(27)23-19-17-7-3-5-14(17)11-15-6-4-8-18(15)19/h11-13,21H,3-10H2,1-2H3,(H2,23,24,27)/p-1. The number of nitrogens with one attached hydrogen (secondary N) is 2. The Morgan fingerprint density at radius 3 is 2.47 bits per heavy atom. The minimum atomic E-state index is -4.23. The van der Waals surface area contributed by atoms with Crippen LogP contribution < -0.4 is 20.0 Å². The van der Waals surface area contributed by atoms with E-state index >= 15 is 0 Å². The first kappa shape index (κ1) is 20.7. The number of aryl methyl sites for hydroxylation is 3. The Bertz CT molecular complexity index is 1040. The summed E-state index contributed by atoms with van der Waals surface area (Å²) in [5.41, 5.74) is 5.95. The van der Waals surface area contributed by atoms with E-state index in [9.17, 15) is 13.5 Å². The minimum Gasteiger partial charge on any atom is -0.845 e. The van der Waals surface area contributed by atoms with Gasteiger partial charge in [-0.15, -0.1) is 4.40 Å². The second kappa shape index (κ2) is 8.27. The Morgan fingerprint density at radius 1 is 1.23 bits per heavy atom. The molecule has 0 unspecified atom stereocenters. The van der Waals surface area contributed by atoms with Crippen LogP contribution in [-0.4, -0.2) is 44.4 Å². The van der Waals surface area contributed by atoms with Crippen LogP contribution in [-0.2, 0) is 42.9 Å². The predicted octanol–water partition coefficient (Wildman–Crippen LogP) is 0.497. The van der Waals surface area contributed by atoms with Crippen LogP contribution in [0.3, 0.4) is 0 Å². The van der Waals surface area contributed by atoms with Crippen molar-refractivity contribution in [3.63, 3.8) is 0 Å². The van der Waals surface area contributed by atoms with Gasteiger partial charge in [0.05, 0.1) is 17.9 Å². The molecular weight excluding hydrogens is 404 g/mol. The molecule has 0 saturated heterocycles. The van der Waals surface area contributed by atoms with Crippen LogP contribution in [0.15, 0.2) is 22.9 Å². The van der Waals surface area contributed by atoms with E-state index in [4.69, 9.17) is 0 Å². The van der Waals surface area contributed by atoms with E-state index in [0.717, 1.165) is 59.6 Å². The summed E-state index contributed by atoms with van der Waals surface area (Å²) in [6, 6.07) is 1.40. The highest BCUT2D eigenvalue weighted by Gasteiger charge is 2.25. The van der Waals surface area contributed by atoms with Crippen molar-refractivity contribution in [2.75, 3.05) is 29.8 Å². The molecule has 4 rings (SSSR count). The number of hydrogen-bond acceptors (Lipinski definition) is 5. The number of nitrogens with zero attached hydrogens (tertiary/aromatic N) is 4. The largest absolute Gasteiger partial charge is 0.845 e. The van der Waals surface area contributed by atoms with Crippen molar-refractivity contribution >= 4 is 27.6 Å². The molecule has 2 aromatic rings. The third-order valence-corrected chi connectivity index (χ3v) is 7.07. The summed E-state index contributed by atoms with van der Waals surface area (Å²) in [7, 11) is -0.797. The number of anilines is 2. The molecular formula is C20H27N6O3S-. The van der Waals surface area contributed by atoms with Gasteiger partial charge < -0.3 is 15.7 Å². The molecule has 1 aromatic carbocycles. The fourth-order valence-corrected chi connectivity index (χ4v) is 5.42. The van der Waals surface area contributed by atoms with Crippen molar-refractivity contribution in [1.82, 2.24) is 15.1 Å². The monoisotopic (exact) mass is 431 g/mol. The second-order valence-electron chi connectivity index (χ2n) is 7.78. The van der Waals surface area contributed by atoms with Gasteiger partial charge in [-0.1, -0.05) is 6.07 Å². The van der Waals surface area contributed by atoms with Crippen molar-refractivity contribution in [3.05, 3.63) is 40.7 Å². The smallest absolute Gasteiger partial charge is 0.345 e. The van der Waals surface area contributed by atoms with E-state index in [1.807, 2.05) is 0 Å². The maximum atomic E-state index is 12.9. The van der Waals surface area contributed by atoms with Crippen LogP contribution in [0.4, 0.5) is 11.4 Å². The second-order valence-corrected chi connectivity index (χ2v) is 9.30. The lowest BCUT2D eigenvalue weighted by atomic mass is 9.99. The first-order valence-electron chi connectivity index (χ1n) is 10.3. The molecule has 0 spiro atoms. The summed E-state index contributed by atoms with van der Waals surface area (Å²) in [6.45, 7) is 0.544. The average molecular weight is 432 g/mol. The quantitative estimate of drug-likeness (QED) is 0.487. The van der Waals surface area contributed by atoms with E-state index < -0.39 is 16.2 Å². The number of fused-ring (bicyclic) bond motifs is 2. The van der Waals surface area contributed by atoms with E-state index in [1.54, 1.807) is 20.3 Å². The lowest BCUT2D eigenvalue weighted by Crippen LogP contribution is -2.38. The lowest BCUT2D eigenvalue weighted by Gasteiger charge is -2.23. The van der Waals surface area contributed by atoms with Gasteiger partial charge in [0.15, 0.2) is 0 Å². The lowest BCUT2D eigenvalue weighted by molar-refractivity contribution is -0.213. The minimum absolute atomic E-state index is 0.136. The molecule has 0 atom stereocenters. The van der Waals surface area contributed by atoms with Crippen molar-refractivity contribution in [2.45, 2.75) is 38.5 Å². The molecule has 162 valence electrons. The molecule has 30 heavy (non-hydrogen) atoms. The molecule has 0 bridgehead atoms. The Morgan fingerprint density at radius 2 is 1.90 bits per heavy atom. The SMILES string of the molecule is CNCCN(c1cnn(C)c1)S(=O)(=O)/N=C(\[O-])Nc1c2c(cc3c1CCC3)CCC2. The summed E-state index contributed by atoms with van der Waals surface area (Å²) >= 11 is 0. The van der Waals surface area contributed by atoms with Crippen LogP contribution >= 0.6 is 0 Å². The van der Waals surface area contributed by atoms with Crippen LogP contribution in [0.1, 0.15) is 35.1 Å². The number of rotatable bonds is 7. The fraction of sp³-hybridized carbons (Fsp3) is 0.500. The van der Waals surface area contributed by atoms with Gasteiger partial charge in [0.1, 0.15) is 0 Å². The maximum absolute atomic E-state index is 12.9. The summed E-state index contributed by atoms with van der Waals surface area (Å²) < 4.78 is 32.1. The van der Waals surface area contributed by atoms with E-state index in [1.165, 1.54) is 22.0 Å². The van der Waals surface area contributed by atoms with Crippen molar-refractivity contribution in [2.24, 2.45) is 11.4 Å². The first-order chi connectivity index (χ1) is 14.4. The van der Waals surface area contributed by atoms with Gasteiger partial charge in [-0.2, -0.15) is 13.5 Å². The normalized spacial score (nSPS) is 15.9. The summed E-state index contributed by atoms with van der Waals surface area (Å²) in [6.07, 6.45) is 8.92. The highest BCUT2D eigenvalue weighted by Crippen LogP contribution is 2.38. The predicted molar refractivity (Wildman–Crippen MR) is 115 cm³/mol. The zero-order chi connectivity index (χ0) is 21.3. The van der Waals surface area contributed by atoms with Gasteiger partial charge in [0, 0.05) is 32.0 Å².